The summed E-state index contributed by atoms with van der Waals surface area (Å²) in [5.74, 6) is 1.94. The van der Waals surface area contributed by atoms with Gasteiger partial charge in [0.15, 0.2) is 11.5 Å². The SMILES string of the molecule is CCOc1ccc(SCC(=O)N2CCN(c3nccnc3C#N)CC2C)cc1. The molecule has 0 radical (unpaired) electrons. The molecule has 2 aromatic rings. The summed E-state index contributed by atoms with van der Waals surface area (Å²) in [5, 5.41) is 9.23. The Morgan fingerprint density at radius 1 is 1.29 bits per heavy atom. The van der Waals surface area contributed by atoms with E-state index in [1.807, 2.05) is 47.9 Å². The number of benzene rings is 1. The van der Waals surface area contributed by atoms with E-state index in [4.69, 9.17) is 4.74 Å². The smallest absolute Gasteiger partial charge is 0.233 e. The second-order valence-electron chi connectivity index (χ2n) is 6.42. The molecule has 1 aromatic carbocycles. The summed E-state index contributed by atoms with van der Waals surface area (Å²) in [6, 6.07) is 9.91. The molecule has 7 nitrogen and oxygen atoms in total. The summed E-state index contributed by atoms with van der Waals surface area (Å²) in [5.41, 5.74) is 0.320. The van der Waals surface area contributed by atoms with E-state index in [2.05, 4.69) is 16.0 Å². The molecule has 0 N–H and O–H groups in total. The fourth-order valence-corrected chi connectivity index (χ4v) is 3.97. The molecule has 0 bridgehead atoms. The van der Waals surface area contributed by atoms with Crippen molar-refractivity contribution in [3.8, 4) is 11.8 Å². The number of amides is 1. The van der Waals surface area contributed by atoms with E-state index >= 15 is 0 Å². The van der Waals surface area contributed by atoms with Crippen LogP contribution in [-0.4, -0.2) is 58.8 Å². The third-order valence-corrected chi connectivity index (χ3v) is 5.53. The van der Waals surface area contributed by atoms with Crippen LogP contribution >= 0.6 is 11.8 Å². The molecule has 28 heavy (non-hydrogen) atoms. The summed E-state index contributed by atoms with van der Waals surface area (Å²) < 4.78 is 5.44. The van der Waals surface area contributed by atoms with Gasteiger partial charge in [-0.2, -0.15) is 5.26 Å². The van der Waals surface area contributed by atoms with Gasteiger partial charge in [-0.1, -0.05) is 0 Å². The highest BCUT2D eigenvalue weighted by Crippen LogP contribution is 2.24. The molecule has 1 atom stereocenters. The molecule has 1 unspecified atom stereocenters. The van der Waals surface area contributed by atoms with Gasteiger partial charge in [0.1, 0.15) is 11.8 Å². The van der Waals surface area contributed by atoms with Crippen molar-refractivity contribution in [3.05, 3.63) is 42.4 Å². The predicted octanol–water partition coefficient (Wildman–Crippen LogP) is 2.58. The van der Waals surface area contributed by atoms with Crippen molar-refractivity contribution in [2.45, 2.75) is 24.8 Å². The second kappa shape index (κ2) is 9.42. The van der Waals surface area contributed by atoms with Crippen molar-refractivity contribution in [1.29, 1.82) is 5.26 Å². The van der Waals surface area contributed by atoms with Gasteiger partial charge in [0, 0.05) is 43.0 Å². The van der Waals surface area contributed by atoms with E-state index in [1.165, 1.54) is 18.0 Å². The number of nitriles is 1. The molecule has 8 heteroatoms. The number of hydrogen-bond acceptors (Lipinski definition) is 7. The first-order valence-electron chi connectivity index (χ1n) is 9.23. The van der Waals surface area contributed by atoms with Crippen LogP contribution in [0.3, 0.4) is 0 Å². The highest BCUT2D eigenvalue weighted by molar-refractivity contribution is 8.00. The van der Waals surface area contributed by atoms with Crippen LogP contribution in [0.4, 0.5) is 5.82 Å². The molecule has 1 aromatic heterocycles. The van der Waals surface area contributed by atoms with Gasteiger partial charge >= 0.3 is 0 Å². The zero-order valence-corrected chi connectivity index (χ0v) is 16.9. The summed E-state index contributed by atoms with van der Waals surface area (Å²) in [6.45, 7) is 6.48. The lowest BCUT2D eigenvalue weighted by Crippen LogP contribution is -2.55. The fourth-order valence-electron chi connectivity index (χ4n) is 3.19. The molecule has 0 saturated carbocycles. The third-order valence-electron chi connectivity index (χ3n) is 4.53. The Kier molecular flexibility index (Phi) is 6.71. The van der Waals surface area contributed by atoms with Gasteiger partial charge in [0.05, 0.1) is 12.4 Å². The molecule has 146 valence electrons. The number of aromatic nitrogens is 2. The van der Waals surface area contributed by atoms with Gasteiger partial charge in [-0.15, -0.1) is 11.8 Å². The molecule has 3 rings (SSSR count). The number of piperazine rings is 1. The summed E-state index contributed by atoms with van der Waals surface area (Å²) in [6.07, 6.45) is 3.11. The Balaban J connectivity index is 1.55. The van der Waals surface area contributed by atoms with Crippen LogP contribution in [0.15, 0.2) is 41.6 Å². The summed E-state index contributed by atoms with van der Waals surface area (Å²) >= 11 is 1.53. The Morgan fingerprint density at radius 2 is 2.04 bits per heavy atom. The highest BCUT2D eigenvalue weighted by Gasteiger charge is 2.29. The molecule has 2 heterocycles. The second-order valence-corrected chi connectivity index (χ2v) is 7.46. The molecular weight excluding hydrogens is 374 g/mol. The molecule has 1 fully saturated rings. The van der Waals surface area contributed by atoms with E-state index < -0.39 is 0 Å². The Morgan fingerprint density at radius 3 is 2.71 bits per heavy atom. The van der Waals surface area contributed by atoms with Crippen LogP contribution in [0.1, 0.15) is 19.5 Å². The quantitative estimate of drug-likeness (QED) is 0.693. The number of carbonyl (C=O) groups excluding carboxylic acids is 1. The van der Waals surface area contributed by atoms with Crippen LogP contribution in [0, 0.1) is 11.3 Å². The average molecular weight is 398 g/mol. The first-order valence-corrected chi connectivity index (χ1v) is 10.2. The Bertz CT molecular complexity index is 852. The van der Waals surface area contributed by atoms with Crippen molar-refractivity contribution < 1.29 is 9.53 Å². The fraction of sp³-hybridized carbons (Fsp3) is 0.400. The van der Waals surface area contributed by atoms with E-state index in [0.29, 0.717) is 43.5 Å². The Hall–Kier alpha value is -2.79. The van der Waals surface area contributed by atoms with Crippen LogP contribution in [-0.2, 0) is 4.79 Å². The van der Waals surface area contributed by atoms with E-state index in [9.17, 15) is 10.1 Å². The lowest BCUT2D eigenvalue weighted by atomic mass is 10.2. The molecule has 1 aliphatic heterocycles. The van der Waals surface area contributed by atoms with Crippen LogP contribution in [0.2, 0.25) is 0 Å². The first-order chi connectivity index (χ1) is 13.6. The van der Waals surface area contributed by atoms with Gasteiger partial charge in [0.2, 0.25) is 5.91 Å². The zero-order chi connectivity index (χ0) is 19.9. The van der Waals surface area contributed by atoms with E-state index in [1.54, 1.807) is 6.20 Å². The molecule has 1 aliphatic rings. The number of carbonyl (C=O) groups is 1. The maximum Gasteiger partial charge on any atom is 0.233 e. The van der Waals surface area contributed by atoms with E-state index in [-0.39, 0.29) is 11.9 Å². The van der Waals surface area contributed by atoms with Crippen molar-refractivity contribution in [3.63, 3.8) is 0 Å². The van der Waals surface area contributed by atoms with Crippen LogP contribution < -0.4 is 9.64 Å². The lowest BCUT2D eigenvalue weighted by Gasteiger charge is -2.40. The van der Waals surface area contributed by atoms with E-state index in [0.717, 1.165) is 10.6 Å². The maximum atomic E-state index is 12.7. The minimum atomic E-state index is 0.0377. The third kappa shape index (κ3) is 4.73. The standard InChI is InChI=1S/C20H23N5O2S/c1-3-27-16-4-6-17(7-5-16)28-14-19(26)25-11-10-24(13-15(25)2)20-18(12-21)22-8-9-23-20/h4-9,15H,3,10-11,13-14H2,1-2H3. The van der Waals surface area contributed by atoms with Gasteiger partial charge in [-0.3, -0.25) is 4.79 Å². The molecule has 1 saturated heterocycles. The number of nitrogens with zero attached hydrogens (tertiary/aromatic N) is 5. The number of hydrogen-bond donors (Lipinski definition) is 0. The topological polar surface area (TPSA) is 82.3 Å². The van der Waals surface area contributed by atoms with Crippen molar-refractivity contribution in [1.82, 2.24) is 14.9 Å². The largest absolute Gasteiger partial charge is 0.494 e. The normalized spacial score (nSPS) is 16.5. The molecule has 1 amide bonds. The van der Waals surface area contributed by atoms with Crippen LogP contribution in [0.25, 0.3) is 0 Å². The zero-order valence-electron chi connectivity index (χ0n) is 16.0. The van der Waals surface area contributed by atoms with Crippen molar-refractivity contribution in [2.75, 3.05) is 36.9 Å². The van der Waals surface area contributed by atoms with Gasteiger partial charge in [-0.05, 0) is 38.1 Å². The molecule has 0 spiro atoms. The van der Waals surface area contributed by atoms with Gasteiger partial charge < -0.3 is 14.5 Å². The number of thioether (sulfide) groups is 1. The molecular formula is C20H23N5O2S. The molecule has 0 aliphatic carbocycles. The number of rotatable bonds is 6. The summed E-state index contributed by atoms with van der Waals surface area (Å²) in [4.78, 5) is 26.0. The van der Waals surface area contributed by atoms with Gasteiger partial charge in [0.25, 0.3) is 0 Å². The first kappa shape index (κ1) is 20.0. The minimum absolute atomic E-state index is 0.0377. The predicted molar refractivity (Wildman–Crippen MR) is 108 cm³/mol. The van der Waals surface area contributed by atoms with Gasteiger partial charge in [-0.25, -0.2) is 9.97 Å². The highest BCUT2D eigenvalue weighted by atomic mass is 32.2. The summed E-state index contributed by atoms with van der Waals surface area (Å²) in [7, 11) is 0. The average Bonchev–Trinajstić information content (AvgIpc) is 2.73. The van der Waals surface area contributed by atoms with Crippen LogP contribution in [0.5, 0.6) is 5.75 Å². The minimum Gasteiger partial charge on any atom is -0.494 e. The Labute approximate surface area is 169 Å². The number of anilines is 1. The monoisotopic (exact) mass is 397 g/mol. The van der Waals surface area contributed by atoms with Crippen molar-refractivity contribution >= 4 is 23.5 Å². The van der Waals surface area contributed by atoms with Crippen molar-refractivity contribution in [2.24, 2.45) is 0 Å². The maximum absolute atomic E-state index is 12.7. The lowest BCUT2D eigenvalue weighted by molar-refractivity contribution is -0.130. The number of ether oxygens (including phenoxy) is 1.